The Bertz CT molecular complexity index is 718. The van der Waals surface area contributed by atoms with Crippen molar-refractivity contribution in [3.8, 4) is 0 Å². The highest BCUT2D eigenvalue weighted by Gasteiger charge is 2.48. The fraction of sp³-hybridized carbons (Fsp3) is 0.350. The first-order chi connectivity index (χ1) is 12.1. The summed E-state index contributed by atoms with van der Waals surface area (Å²) in [6.07, 6.45) is 4.96. The van der Waals surface area contributed by atoms with Gasteiger partial charge in [-0.2, -0.15) is 0 Å². The number of rotatable bonds is 7. The summed E-state index contributed by atoms with van der Waals surface area (Å²) in [7, 11) is 1.81. The second kappa shape index (κ2) is 7.92. The summed E-state index contributed by atoms with van der Waals surface area (Å²) in [5.74, 6) is -0.309. The van der Waals surface area contributed by atoms with Gasteiger partial charge in [-0.15, -0.1) is 0 Å². The van der Waals surface area contributed by atoms with Crippen LogP contribution in [0.15, 0.2) is 54.9 Å². The predicted octanol–water partition coefficient (Wildman–Crippen LogP) is 2.03. The van der Waals surface area contributed by atoms with Gasteiger partial charge in [0.2, 0.25) is 11.8 Å². The molecule has 1 saturated carbocycles. The number of nitrogens with one attached hydrogen (secondary N) is 1. The van der Waals surface area contributed by atoms with Crippen LogP contribution < -0.4 is 5.32 Å². The Morgan fingerprint density at radius 3 is 2.52 bits per heavy atom. The molecule has 1 heterocycles. The molecule has 130 valence electrons. The quantitative estimate of drug-likeness (QED) is 0.841. The van der Waals surface area contributed by atoms with Crippen LogP contribution in [0.1, 0.15) is 17.5 Å². The third-order valence-electron chi connectivity index (χ3n) is 4.62. The van der Waals surface area contributed by atoms with Crippen LogP contribution in [0, 0.1) is 11.8 Å². The molecule has 2 atom stereocenters. The van der Waals surface area contributed by atoms with Gasteiger partial charge < -0.3 is 10.2 Å². The fourth-order valence-corrected chi connectivity index (χ4v) is 2.91. The molecule has 1 N–H and O–H groups in total. The summed E-state index contributed by atoms with van der Waals surface area (Å²) in [5.41, 5.74) is 2.22. The molecule has 0 aliphatic heterocycles. The summed E-state index contributed by atoms with van der Waals surface area (Å²) in [6, 6.07) is 13.7. The van der Waals surface area contributed by atoms with Gasteiger partial charge in [0.05, 0.1) is 11.8 Å². The van der Waals surface area contributed by atoms with Crippen molar-refractivity contribution in [1.29, 1.82) is 0 Å². The maximum atomic E-state index is 12.4. The van der Waals surface area contributed by atoms with E-state index < -0.39 is 0 Å². The molecular formula is C20H23N3O2. The topological polar surface area (TPSA) is 62.3 Å². The third-order valence-corrected chi connectivity index (χ3v) is 4.62. The first-order valence-electron chi connectivity index (χ1n) is 8.60. The third kappa shape index (κ3) is 4.66. The monoisotopic (exact) mass is 337 g/mol. The number of hydrogen-bond acceptors (Lipinski definition) is 3. The van der Waals surface area contributed by atoms with Crippen LogP contribution in [0.25, 0.3) is 0 Å². The minimum Gasteiger partial charge on any atom is -0.352 e. The average Bonchev–Trinajstić information content (AvgIpc) is 3.46. The largest absolute Gasteiger partial charge is 0.352 e. The van der Waals surface area contributed by atoms with Crippen LogP contribution in [-0.2, 0) is 22.6 Å². The van der Waals surface area contributed by atoms with E-state index in [0.29, 0.717) is 19.5 Å². The van der Waals surface area contributed by atoms with Crippen molar-refractivity contribution in [2.75, 3.05) is 13.6 Å². The van der Waals surface area contributed by atoms with Crippen molar-refractivity contribution in [2.24, 2.45) is 11.8 Å². The fourth-order valence-electron chi connectivity index (χ4n) is 2.91. The number of aromatic nitrogens is 1. The van der Waals surface area contributed by atoms with E-state index in [0.717, 1.165) is 17.5 Å². The number of carbonyl (C=O) groups excluding carboxylic acids is 2. The van der Waals surface area contributed by atoms with Gasteiger partial charge in [0.15, 0.2) is 0 Å². The molecule has 1 aliphatic carbocycles. The lowest BCUT2D eigenvalue weighted by Crippen LogP contribution is -2.32. The van der Waals surface area contributed by atoms with E-state index in [-0.39, 0.29) is 23.7 Å². The lowest BCUT2D eigenvalue weighted by atomic mass is 10.2. The van der Waals surface area contributed by atoms with Gasteiger partial charge in [-0.05, 0) is 36.1 Å². The van der Waals surface area contributed by atoms with Gasteiger partial charge in [0, 0.05) is 32.5 Å². The van der Waals surface area contributed by atoms with Crippen LogP contribution in [0.5, 0.6) is 0 Å². The minimum atomic E-state index is -0.181. The van der Waals surface area contributed by atoms with E-state index in [1.54, 1.807) is 24.3 Å². The number of benzene rings is 1. The number of amides is 2. The van der Waals surface area contributed by atoms with Gasteiger partial charge in [-0.25, -0.2) is 0 Å². The molecule has 0 saturated heterocycles. The van der Waals surface area contributed by atoms with Gasteiger partial charge in [-0.1, -0.05) is 30.3 Å². The van der Waals surface area contributed by atoms with Crippen LogP contribution in [0.4, 0.5) is 0 Å². The highest BCUT2D eigenvalue weighted by Crippen LogP contribution is 2.40. The standard InChI is InChI=1S/C20H23N3O2/c1-23(12-9-15-7-10-21-11-8-15)20(25)18-13-17(18)19(24)22-14-16-5-3-2-4-6-16/h2-8,10-11,17-18H,9,12-14H2,1H3,(H,22,24). The molecule has 1 aliphatic rings. The number of carbonyl (C=O) groups is 2. The number of nitrogens with zero attached hydrogens (tertiary/aromatic N) is 2. The number of pyridine rings is 1. The van der Waals surface area contributed by atoms with E-state index in [2.05, 4.69) is 10.3 Å². The van der Waals surface area contributed by atoms with Crippen molar-refractivity contribution in [3.63, 3.8) is 0 Å². The maximum Gasteiger partial charge on any atom is 0.226 e. The maximum absolute atomic E-state index is 12.4. The Labute approximate surface area is 148 Å². The SMILES string of the molecule is CN(CCc1ccncc1)C(=O)C1CC1C(=O)NCc1ccccc1. The zero-order valence-electron chi connectivity index (χ0n) is 14.4. The van der Waals surface area contributed by atoms with Gasteiger partial charge in [0.1, 0.15) is 0 Å². The Kier molecular flexibility index (Phi) is 5.43. The normalized spacial score (nSPS) is 18.4. The minimum absolute atomic E-state index is 0.0234. The number of hydrogen-bond donors (Lipinski definition) is 1. The molecular weight excluding hydrogens is 314 g/mol. The lowest BCUT2D eigenvalue weighted by molar-refractivity contribution is -0.133. The molecule has 1 aromatic carbocycles. The van der Waals surface area contributed by atoms with Crippen molar-refractivity contribution in [3.05, 3.63) is 66.0 Å². The van der Waals surface area contributed by atoms with Crippen molar-refractivity contribution in [2.45, 2.75) is 19.4 Å². The first kappa shape index (κ1) is 17.1. The molecule has 1 fully saturated rings. The van der Waals surface area contributed by atoms with E-state index in [9.17, 15) is 9.59 Å². The molecule has 0 spiro atoms. The predicted molar refractivity (Wildman–Crippen MR) is 95.5 cm³/mol. The van der Waals surface area contributed by atoms with Crippen molar-refractivity contribution >= 4 is 11.8 Å². The zero-order chi connectivity index (χ0) is 17.6. The van der Waals surface area contributed by atoms with Crippen molar-refractivity contribution < 1.29 is 9.59 Å². The number of likely N-dealkylation sites (N-methyl/N-ethyl adjacent to an activating group) is 1. The van der Waals surface area contributed by atoms with E-state index in [4.69, 9.17) is 0 Å². The highest BCUT2D eigenvalue weighted by atomic mass is 16.2. The zero-order valence-corrected chi connectivity index (χ0v) is 14.4. The molecule has 2 unspecified atom stereocenters. The second-order valence-electron chi connectivity index (χ2n) is 6.52. The Hall–Kier alpha value is -2.69. The second-order valence-corrected chi connectivity index (χ2v) is 6.52. The molecule has 1 aromatic heterocycles. The van der Waals surface area contributed by atoms with Gasteiger partial charge in [0.25, 0.3) is 0 Å². The molecule has 2 aromatic rings. The first-order valence-corrected chi connectivity index (χ1v) is 8.60. The van der Waals surface area contributed by atoms with Crippen LogP contribution in [0.2, 0.25) is 0 Å². The van der Waals surface area contributed by atoms with E-state index in [1.165, 1.54) is 0 Å². The lowest BCUT2D eigenvalue weighted by Gasteiger charge is -2.17. The molecule has 25 heavy (non-hydrogen) atoms. The smallest absolute Gasteiger partial charge is 0.226 e. The molecule has 5 heteroatoms. The van der Waals surface area contributed by atoms with E-state index in [1.807, 2.05) is 42.5 Å². The molecule has 0 radical (unpaired) electrons. The van der Waals surface area contributed by atoms with Crippen LogP contribution in [0.3, 0.4) is 0 Å². The molecule has 5 nitrogen and oxygen atoms in total. The van der Waals surface area contributed by atoms with Crippen molar-refractivity contribution in [1.82, 2.24) is 15.2 Å². The van der Waals surface area contributed by atoms with Crippen LogP contribution >= 0.6 is 0 Å². The Morgan fingerprint density at radius 1 is 1.08 bits per heavy atom. The molecule has 2 amide bonds. The summed E-state index contributed by atoms with van der Waals surface area (Å²) in [4.78, 5) is 30.4. The summed E-state index contributed by atoms with van der Waals surface area (Å²) < 4.78 is 0. The van der Waals surface area contributed by atoms with Gasteiger partial charge >= 0.3 is 0 Å². The molecule has 3 rings (SSSR count). The Balaban J connectivity index is 1.42. The summed E-state index contributed by atoms with van der Waals surface area (Å²) in [6.45, 7) is 1.16. The van der Waals surface area contributed by atoms with E-state index >= 15 is 0 Å². The summed E-state index contributed by atoms with van der Waals surface area (Å²) in [5, 5.41) is 2.93. The van der Waals surface area contributed by atoms with Crippen LogP contribution in [-0.4, -0.2) is 35.3 Å². The Morgan fingerprint density at radius 2 is 1.80 bits per heavy atom. The summed E-state index contributed by atoms with van der Waals surface area (Å²) >= 11 is 0. The molecule has 0 bridgehead atoms. The highest BCUT2D eigenvalue weighted by molar-refractivity contribution is 5.92. The van der Waals surface area contributed by atoms with Gasteiger partial charge in [-0.3, -0.25) is 14.6 Å². The average molecular weight is 337 g/mol.